The predicted octanol–water partition coefficient (Wildman–Crippen LogP) is 1.95. The van der Waals surface area contributed by atoms with E-state index in [0.717, 1.165) is 24.9 Å². The first-order chi connectivity index (χ1) is 7.66. The standard InChI is InChI=1S/C12H14ClNO2/c13-10-3-1-8(2-4-10)7-9-5-6-14-11(9)12(15)16/h1-4,9,11,14H,5-7H2,(H,15,16)/t9?,11-/m0/s1. The summed E-state index contributed by atoms with van der Waals surface area (Å²) in [5.41, 5.74) is 1.14. The molecule has 1 aromatic carbocycles. The van der Waals surface area contributed by atoms with E-state index in [0.29, 0.717) is 5.02 Å². The third-order valence-corrected chi connectivity index (χ3v) is 3.28. The molecule has 2 N–H and O–H groups in total. The molecule has 2 rings (SSSR count). The summed E-state index contributed by atoms with van der Waals surface area (Å²) in [5.74, 6) is -0.574. The van der Waals surface area contributed by atoms with Crippen molar-refractivity contribution >= 4 is 17.6 Å². The summed E-state index contributed by atoms with van der Waals surface area (Å²) in [6.07, 6.45) is 1.71. The molecule has 1 aliphatic heterocycles. The smallest absolute Gasteiger partial charge is 0.320 e. The molecule has 2 atom stereocenters. The molecule has 0 bridgehead atoms. The lowest BCUT2D eigenvalue weighted by atomic mass is 9.93. The maximum atomic E-state index is 11.0. The van der Waals surface area contributed by atoms with Crippen molar-refractivity contribution in [3.63, 3.8) is 0 Å². The Kier molecular flexibility index (Phi) is 3.46. The molecular weight excluding hydrogens is 226 g/mol. The van der Waals surface area contributed by atoms with Crippen molar-refractivity contribution in [2.45, 2.75) is 18.9 Å². The Morgan fingerprint density at radius 2 is 2.12 bits per heavy atom. The molecule has 3 nitrogen and oxygen atoms in total. The van der Waals surface area contributed by atoms with E-state index in [1.54, 1.807) is 0 Å². The Bertz CT molecular complexity index is 377. The van der Waals surface area contributed by atoms with Crippen molar-refractivity contribution in [1.82, 2.24) is 5.32 Å². The zero-order valence-electron chi connectivity index (χ0n) is 8.82. The Balaban J connectivity index is 2.03. The maximum Gasteiger partial charge on any atom is 0.320 e. The highest BCUT2D eigenvalue weighted by molar-refractivity contribution is 6.30. The van der Waals surface area contributed by atoms with E-state index in [1.165, 1.54) is 0 Å². The van der Waals surface area contributed by atoms with Gasteiger partial charge in [-0.15, -0.1) is 0 Å². The highest BCUT2D eigenvalue weighted by atomic mass is 35.5. The summed E-state index contributed by atoms with van der Waals surface area (Å²) >= 11 is 5.80. The average molecular weight is 240 g/mol. The van der Waals surface area contributed by atoms with Crippen molar-refractivity contribution < 1.29 is 9.90 Å². The highest BCUT2D eigenvalue weighted by Crippen LogP contribution is 2.22. The van der Waals surface area contributed by atoms with Crippen LogP contribution in [0.2, 0.25) is 5.02 Å². The monoisotopic (exact) mass is 239 g/mol. The van der Waals surface area contributed by atoms with Crippen molar-refractivity contribution in [1.29, 1.82) is 0 Å². The SMILES string of the molecule is O=C(O)[C@H]1NCCC1Cc1ccc(Cl)cc1. The number of carbonyl (C=O) groups is 1. The van der Waals surface area contributed by atoms with Crippen LogP contribution < -0.4 is 5.32 Å². The molecule has 1 unspecified atom stereocenters. The zero-order valence-corrected chi connectivity index (χ0v) is 9.57. The van der Waals surface area contributed by atoms with Crippen LogP contribution in [0.25, 0.3) is 0 Å². The number of nitrogens with one attached hydrogen (secondary N) is 1. The van der Waals surface area contributed by atoms with E-state index in [-0.39, 0.29) is 5.92 Å². The van der Waals surface area contributed by atoms with Gasteiger partial charge in [-0.25, -0.2) is 0 Å². The third-order valence-electron chi connectivity index (χ3n) is 3.03. The fraction of sp³-hybridized carbons (Fsp3) is 0.417. The van der Waals surface area contributed by atoms with Gasteiger partial charge in [0.15, 0.2) is 0 Å². The summed E-state index contributed by atoms with van der Waals surface area (Å²) in [4.78, 5) is 11.0. The Hall–Kier alpha value is -1.06. The van der Waals surface area contributed by atoms with Gasteiger partial charge in [-0.1, -0.05) is 23.7 Å². The number of benzene rings is 1. The van der Waals surface area contributed by atoms with Gasteiger partial charge >= 0.3 is 5.97 Å². The van der Waals surface area contributed by atoms with E-state index >= 15 is 0 Å². The average Bonchev–Trinajstić information content (AvgIpc) is 2.69. The minimum absolute atomic E-state index is 0.179. The summed E-state index contributed by atoms with van der Waals surface area (Å²) in [6.45, 7) is 0.787. The first-order valence-electron chi connectivity index (χ1n) is 5.37. The maximum absolute atomic E-state index is 11.0. The second kappa shape index (κ2) is 4.85. The number of hydrogen-bond donors (Lipinski definition) is 2. The normalized spacial score (nSPS) is 24.6. The lowest BCUT2D eigenvalue weighted by Gasteiger charge is -2.15. The fourth-order valence-electron chi connectivity index (χ4n) is 2.19. The fourth-order valence-corrected chi connectivity index (χ4v) is 2.32. The molecule has 0 aliphatic carbocycles. The largest absolute Gasteiger partial charge is 0.480 e. The predicted molar refractivity (Wildman–Crippen MR) is 62.7 cm³/mol. The molecule has 86 valence electrons. The first-order valence-corrected chi connectivity index (χ1v) is 5.75. The molecule has 16 heavy (non-hydrogen) atoms. The van der Waals surface area contributed by atoms with Gasteiger partial charge in [-0.05, 0) is 43.0 Å². The van der Waals surface area contributed by atoms with Gasteiger partial charge in [0.05, 0.1) is 0 Å². The van der Waals surface area contributed by atoms with E-state index < -0.39 is 12.0 Å². The van der Waals surface area contributed by atoms with Gasteiger partial charge in [0.25, 0.3) is 0 Å². The van der Waals surface area contributed by atoms with Crippen LogP contribution >= 0.6 is 11.6 Å². The number of rotatable bonds is 3. The Morgan fingerprint density at radius 3 is 2.75 bits per heavy atom. The Morgan fingerprint density at radius 1 is 1.44 bits per heavy atom. The van der Waals surface area contributed by atoms with Crippen LogP contribution in [0.15, 0.2) is 24.3 Å². The summed E-state index contributed by atoms with van der Waals surface area (Å²) in [6, 6.07) is 7.19. The highest BCUT2D eigenvalue weighted by Gasteiger charge is 2.32. The number of carboxylic acids is 1. The summed E-state index contributed by atoms with van der Waals surface area (Å²) < 4.78 is 0. The van der Waals surface area contributed by atoms with Crippen LogP contribution in [0.3, 0.4) is 0 Å². The second-order valence-corrected chi connectivity index (χ2v) is 4.59. The van der Waals surface area contributed by atoms with Crippen LogP contribution in [0.5, 0.6) is 0 Å². The summed E-state index contributed by atoms with van der Waals surface area (Å²) in [7, 11) is 0. The van der Waals surface area contributed by atoms with E-state index in [4.69, 9.17) is 16.7 Å². The molecule has 1 aliphatic rings. The lowest BCUT2D eigenvalue weighted by molar-refractivity contribution is -0.140. The zero-order chi connectivity index (χ0) is 11.5. The molecule has 0 saturated carbocycles. The minimum Gasteiger partial charge on any atom is -0.480 e. The quantitative estimate of drug-likeness (QED) is 0.848. The second-order valence-electron chi connectivity index (χ2n) is 4.15. The number of halogens is 1. The van der Waals surface area contributed by atoms with E-state index in [1.807, 2.05) is 24.3 Å². The van der Waals surface area contributed by atoms with Gasteiger partial charge < -0.3 is 10.4 Å². The number of hydrogen-bond acceptors (Lipinski definition) is 2. The topological polar surface area (TPSA) is 49.3 Å². The summed E-state index contributed by atoms with van der Waals surface area (Å²) in [5, 5.41) is 12.7. The molecule has 4 heteroatoms. The molecule has 1 aromatic rings. The minimum atomic E-state index is -0.753. The van der Waals surface area contributed by atoms with Gasteiger partial charge in [0.1, 0.15) is 6.04 Å². The van der Waals surface area contributed by atoms with Crippen LogP contribution in [-0.2, 0) is 11.2 Å². The number of carboxylic acid groups (broad SMARTS) is 1. The molecule has 1 heterocycles. The van der Waals surface area contributed by atoms with E-state index in [9.17, 15) is 4.79 Å². The van der Waals surface area contributed by atoms with Gasteiger partial charge in [0.2, 0.25) is 0 Å². The molecule has 0 amide bonds. The molecule has 1 fully saturated rings. The van der Waals surface area contributed by atoms with Crippen molar-refractivity contribution in [2.75, 3.05) is 6.54 Å². The molecule has 0 radical (unpaired) electrons. The van der Waals surface area contributed by atoms with Gasteiger partial charge in [-0.3, -0.25) is 4.79 Å². The molecule has 0 spiro atoms. The first kappa shape index (κ1) is 11.4. The van der Waals surface area contributed by atoms with Crippen LogP contribution in [0.4, 0.5) is 0 Å². The third kappa shape index (κ3) is 2.54. The lowest BCUT2D eigenvalue weighted by Crippen LogP contribution is -2.36. The van der Waals surface area contributed by atoms with Crippen LogP contribution in [0, 0.1) is 5.92 Å². The Labute approximate surface area is 99.4 Å². The van der Waals surface area contributed by atoms with E-state index in [2.05, 4.69) is 5.32 Å². The molecule has 1 saturated heterocycles. The van der Waals surface area contributed by atoms with Crippen LogP contribution in [-0.4, -0.2) is 23.7 Å². The molecule has 0 aromatic heterocycles. The number of aliphatic carboxylic acids is 1. The van der Waals surface area contributed by atoms with Crippen LogP contribution in [0.1, 0.15) is 12.0 Å². The van der Waals surface area contributed by atoms with Crippen molar-refractivity contribution in [2.24, 2.45) is 5.92 Å². The van der Waals surface area contributed by atoms with Gasteiger partial charge in [0, 0.05) is 5.02 Å². The molecular formula is C12H14ClNO2. The van der Waals surface area contributed by atoms with Gasteiger partial charge in [-0.2, -0.15) is 0 Å². The van der Waals surface area contributed by atoms with Crippen molar-refractivity contribution in [3.8, 4) is 0 Å². The van der Waals surface area contributed by atoms with Crippen molar-refractivity contribution in [3.05, 3.63) is 34.9 Å².